The molecule has 5 heteroatoms. The zero-order chi connectivity index (χ0) is 10.8. The number of ether oxygens (including phenoxy) is 1. The first-order valence-electron chi connectivity index (χ1n) is 4.46. The molecule has 0 amide bonds. The van der Waals surface area contributed by atoms with Crippen LogP contribution >= 0.6 is 23.5 Å². The van der Waals surface area contributed by atoms with Gasteiger partial charge in [-0.05, 0) is 20.1 Å². The second-order valence-corrected chi connectivity index (χ2v) is 6.20. The quantitative estimate of drug-likeness (QED) is 0.804. The lowest BCUT2D eigenvalue weighted by molar-refractivity contribution is 0.00444. The van der Waals surface area contributed by atoms with Crippen molar-refractivity contribution >= 4 is 23.5 Å². The van der Waals surface area contributed by atoms with Gasteiger partial charge >= 0.3 is 0 Å². The van der Waals surface area contributed by atoms with Crippen molar-refractivity contribution in [3.8, 4) is 0 Å². The first-order valence-corrected chi connectivity index (χ1v) is 6.63. The first kappa shape index (κ1) is 12.1. The highest BCUT2D eigenvalue weighted by Gasteiger charge is 2.28. The molecule has 1 aliphatic heterocycles. The molecule has 1 atom stereocenters. The summed E-state index contributed by atoms with van der Waals surface area (Å²) in [6, 6.07) is 0. The van der Waals surface area contributed by atoms with Crippen LogP contribution in [-0.2, 0) is 4.74 Å². The van der Waals surface area contributed by atoms with E-state index in [-0.39, 0.29) is 5.60 Å². The van der Waals surface area contributed by atoms with Crippen LogP contribution in [0, 0.1) is 0 Å². The molecule has 0 spiro atoms. The lowest BCUT2D eigenvalue weighted by Crippen LogP contribution is -2.39. The maximum absolute atomic E-state index is 5.78. The Balaban J connectivity index is 2.59. The molecular weight excluding hydrogens is 216 g/mol. The Bertz CT molecular complexity index is 231. The van der Waals surface area contributed by atoms with Gasteiger partial charge in [0, 0.05) is 19.9 Å². The zero-order valence-electron chi connectivity index (χ0n) is 9.11. The number of methoxy groups -OCH3 is 1. The Labute approximate surface area is 94.4 Å². The molecule has 0 fully saturated rings. The van der Waals surface area contributed by atoms with Crippen molar-refractivity contribution in [3.05, 3.63) is 11.2 Å². The highest BCUT2D eigenvalue weighted by Crippen LogP contribution is 2.36. The summed E-state index contributed by atoms with van der Waals surface area (Å²) in [6.07, 6.45) is 4.10. The smallest absolute Gasteiger partial charge is 0.127 e. The number of nitrogens with zero attached hydrogens (tertiary/aromatic N) is 1. The average Bonchev–Trinajstić information content (AvgIpc) is 2.45. The average molecular weight is 234 g/mol. The van der Waals surface area contributed by atoms with Crippen LogP contribution in [0.2, 0.25) is 0 Å². The normalized spacial score (nSPS) is 22.7. The van der Waals surface area contributed by atoms with Crippen LogP contribution in [0.15, 0.2) is 11.2 Å². The van der Waals surface area contributed by atoms with Crippen molar-refractivity contribution in [1.82, 2.24) is 4.90 Å². The predicted molar refractivity (Wildman–Crippen MR) is 65.0 cm³/mol. The minimum Gasteiger partial charge on any atom is -0.392 e. The Morgan fingerprint density at radius 1 is 1.71 bits per heavy atom. The van der Waals surface area contributed by atoms with Crippen molar-refractivity contribution in [2.45, 2.75) is 24.2 Å². The largest absolute Gasteiger partial charge is 0.392 e. The fourth-order valence-electron chi connectivity index (χ4n) is 1.25. The van der Waals surface area contributed by atoms with Gasteiger partial charge < -0.3 is 15.4 Å². The van der Waals surface area contributed by atoms with Gasteiger partial charge in [-0.3, -0.25) is 0 Å². The van der Waals surface area contributed by atoms with Gasteiger partial charge in [-0.15, -0.1) is 11.8 Å². The van der Waals surface area contributed by atoms with Crippen molar-refractivity contribution in [3.63, 3.8) is 0 Å². The van der Waals surface area contributed by atoms with Crippen molar-refractivity contribution in [2.24, 2.45) is 5.73 Å². The third-order valence-electron chi connectivity index (χ3n) is 2.12. The third-order valence-corrected chi connectivity index (χ3v) is 4.51. The van der Waals surface area contributed by atoms with Gasteiger partial charge in [0.05, 0.1) is 10.6 Å². The van der Waals surface area contributed by atoms with Crippen LogP contribution in [0.5, 0.6) is 0 Å². The molecule has 1 unspecified atom stereocenters. The number of thioether (sulfide) groups is 2. The number of nitrogens with two attached hydrogens (primary N) is 1. The minimum atomic E-state index is -0.129. The molecule has 1 aliphatic rings. The van der Waals surface area contributed by atoms with E-state index in [1.807, 2.05) is 6.20 Å². The standard InChI is InChI=1S/C9H18N2OS2/c1-9(2,12-3)6-11-5-7(10)14-8(11)13-4/h5,8H,6,10H2,1-4H3. The van der Waals surface area contributed by atoms with Gasteiger partial charge in [-0.2, -0.15) is 0 Å². The van der Waals surface area contributed by atoms with Crippen molar-refractivity contribution in [1.29, 1.82) is 0 Å². The molecule has 0 aromatic heterocycles. The molecule has 3 nitrogen and oxygen atoms in total. The van der Waals surface area contributed by atoms with E-state index in [1.54, 1.807) is 30.6 Å². The predicted octanol–water partition coefficient (Wildman–Crippen LogP) is 1.86. The molecule has 1 heterocycles. The second-order valence-electron chi connectivity index (χ2n) is 3.83. The summed E-state index contributed by atoms with van der Waals surface area (Å²) in [7, 11) is 1.74. The van der Waals surface area contributed by atoms with Crippen molar-refractivity contribution < 1.29 is 4.74 Å². The van der Waals surface area contributed by atoms with E-state index in [1.165, 1.54) is 0 Å². The van der Waals surface area contributed by atoms with Crippen LogP contribution in [0.1, 0.15) is 13.8 Å². The maximum atomic E-state index is 5.78. The molecule has 0 aliphatic carbocycles. The number of rotatable bonds is 4. The van der Waals surface area contributed by atoms with E-state index in [4.69, 9.17) is 10.5 Å². The highest BCUT2D eigenvalue weighted by molar-refractivity contribution is 8.18. The zero-order valence-corrected chi connectivity index (χ0v) is 10.7. The van der Waals surface area contributed by atoms with Crippen LogP contribution in [0.25, 0.3) is 0 Å². The third kappa shape index (κ3) is 3.00. The Hall–Kier alpha value is 0. The van der Waals surface area contributed by atoms with Gasteiger partial charge in [0.2, 0.25) is 0 Å². The summed E-state index contributed by atoms with van der Waals surface area (Å²) >= 11 is 3.49. The molecule has 0 saturated carbocycles. The number of hydrogen-bond acceptors (Lipinski definition) is 5. The molecule has 0 aromatic carbocycles. The topological polar surface area (TPSA) is 38.5 Å². The second kappa shape index (κ2) is 4.68. The van der Waals surface area contributed by atoms with Gasteiger partial charge in [0.25, 0.3) is 0 Å². The molecule has 2 N–H and O–H groups in total. The Morgan fingerprint density at radius 2 is 2.36 bits per heavy atom. The lowest BCUT2D eigenvalue weighted by Gasteiger charge is -2.31. The van der Waals surface area contributed by atoms with E-state index in [0.717, 1.165) is 11.6 Å². The molecule has 0 saturated heterocycles. The summed E-state index contributed by atoms with van der Waals surface area (Å²) in [5.74, 6) is 0. The Morgan fingerprint density at radius 3 is 2.86 bits per heavy atom. The number of hydrogen-bond donors (Lipinski definition) is 1. The SMILES string of the molecule is COC(C)(C)CN1C=C(N)SC1SC. The molecular formula is C9H18N2OS2. The molecule has 0 aromatic rings. The van der Waals surface area contributed by atoms with Gasteiger partial charge in [-0.1, -0.05) is 11.8 Å². The minimum absolute atomic E-state index is 0.129. The molecule has 82 valence electrons. The monoisotopic (exact) mass is 234 g/mol. The van der Waals surface area contributed by atoms with Gasteiger partial charge in [0.1, 0.15) is 4.71 Å². The first-order chi connectivity index (χ1) is 6.48. The van der Waals surface area contributed by atoms with Crippen LogP contribution in [-0.4, -0.2) is 35.1 Å². The van der Waals surface area contributed by atoms with E-state index in [2.05, 4.69) is 25.0 Å². The summed E-state index contributed by atoms with van der Waals surface area (Å²) in [6.45, 7) is 5.03. The fraction of sp³-hybridized carbons (Fsp3) is 0.778. The van der Waals surface area contributed by atoms with Gasteiger partial charge in [-0.25, -0.2) is 0 Å². The summed E-state index contributed by atoms with van der Waals surface area (Å²) in [5.41, 5.74) is 5.65. The summed E-state index contributed by atoms with van der Waals surface area (Å²) < 4.78 is 5.79. The summed E-state index contributed by atoms with van der Waals surface area (Å²) in [4.78, 5) is 2.23. The van der Waals surface area contributed by atoms with Crippen LogP contribution in [0.4, 0.5) is 0 Å². The van der Waals surface area contributed by atoms with Crippen LogP contribution in [0.3, 0.4) is 0 Å². The summed E-state index contributed by atoms with van der Waals surface area (Å²) in [5, 5.41) is 0.885. The van der Waals surface area contributed by atoms with Gasteiger partial charge in [0.15, 0.2) is 0 Å². The van der Waals surface area contributed by atoms with Crippen molar-refractivity contribution in [2.75, 3.05) is 19.9 Å². The molecule has 0 radical (unpaired) electrons. The molecule has 14 heavy (non-hydrogen) atoms. The van der Waals surface area contributed by atoms with E-state index in [0.29, 0.717) is 4.71 Å². The highest BCUT2D eigenvalue weighted by atomic mass is 32.2. The molecule has 1 rings (SSSR count). The van der Waals surface area contributed by atoms with E-state index >= 15 is 0 Å². The molecule has 0 bridgehead atoms. The lowest BCUT2D eigenvalue weighted by atomic mass is 10.1. The van der Waals surface area contributed by atoms with E-state index in [9.17, 15) is 0 Å². The maximum Gasteiger partial charge on any atom is 0.127 e. The Kier molecular flexibility index (Phi) is 4.04. The fourth-order valence-corrected chi connectivity index (χ4v) is 3.07. The van der Waals surface area contributed by atoms with Crippen LogP contribution < -0.4 is 5.73 Å². The van der Waals surface area contributed by atoms with E-state index < -0.39 is 0 Å².